The van der Waals surface area contributed by atoms with Crippen LogP contribution in [0.2, 0.25) is 0 Å². The second kappa shape index (κ2) is 7.91. The molecular formula is C16H27BrN2. The summed E-state index contributed by atoms with van der Waals surface area (Å²) in [6, 6.07) is 7.58. The van der Waals surface area contributed by atoms with Crippen LogP contribution in [0.4, 0.5) is 5.69 Å². The van der Waals surface area contributed by atoms with Gasteiger partial charge in [-0.25, -0.2) is 0 Å². The molecule has 0 saturated carbocycles. The highest BCUT2D eigenvalue weighted by atomic mass is 79.9. The number of hydrogen-bond donors (Lipinski definition) is 1. The number of halogens is 1. The summed E-state index contributed by atoms with van der Waals surface area (Å²) in [6.45, 7) is 9.90. The lowest BCUT2D eigenvalue weighted by Crippen LogP contribution is -2.32. The van der Waals surface area contributed by atoms with Crippen LogP contribution in [-0.2, 0) is 0 Å². The van der Waals surface area contributed by atoms with Gasteiger partial charge >= 0.3 is 0 Å². The van der Waals surface area contributed by atoms with Gasteiger partial charge in [-0.3, -0.25) is 0 Å². The van der Waals surface area contributed by atoms with Crippen LogP contribution in [0.5, 0.6) is 0 Å². The van der Waals surface area contributed by atoms with Gasteiger partial charge < -0.3 is 10.2 Å². The molecule has 0 radical (unpaired) electrons. The molecule has 0 aromatic heterocycles. The van der Waals surface area contributed by atoms with Gasteiger partial charge in [-0.1, -0.05) is 42.8 Å². The molecule has 1 rings (SSSR count). The Morgan fingerprint density at radius 2 is 1.84 bits per heavy atom. The van der Waals surface area contributed by atoms with Crippen LogP contribution in [0.3, 0.4) is 0 Å². The van der Waals surface area contributed by atoms with Crippen molar-refractivity contribution in [2.24, 2.45) is 0 Å². The number of benzene rings is 1. The summed E-state index contributed by atoms with van der Waals surface area (Å²) in [4.78, 5) is 2.42. The Morgan fingerprint density at radius 3 is 2.37 bits per heavy atom. The number of hydrogen-bond acceptors (Lipinski definition) is 2. The lowest BCUT2D eigenvalue weighted by molar-refractivity contribution is 0.571. The maximum absolute atomic E-state index is 3.60. The minimum Gasteiger partial charge on any atom is -0.371 e. The van der Waals surface area contributed by atoms with Gasteiger partial charge in [0.25, 0.3) is 0 Å². The molecule has 1 aromatic carbocycles. The zero-order chi connectivity index (χ0) is 14.4. The lowest BCUT2D eigenvalue weighted by Gasteiger charge is -2.32. The Morgan fingerprint density at radius 1 is 1.21 bits per heavy atom. The van der Waals surface area contributed by atoms with Gasteiger partial charge in [-0.2, -0.15) is 0 Å². The second-order valence-electron chi connectivity index (χ2n) is 5.06. The van der Waals surface area contributed by atoms with E-state index in [1.54, 1.807) is 0 Å². The topological polar surface area (TPSA) is 15.3 Å². The maximum atomic E-state index is 3.60. The van der Waals surface area contributed by atoms with Gasteiger partial charge in [0, 0.05) is 29.3 Å². The van der Waals surface area contributed by atoms with Gasteiger partial charge in [0.2, 0.25) is 0 Å². The van der Waals surface area contributed by atoms with E-state index in [2.05, 4.69) is 79.1 Å². The molecule has 1 atom stereocenters. The Bertz CT molecular complexity index is 388. The first kappa shape index (κ1) is 16.5. The van der Waals surface area contributed by atoms with Gasteiger partial charge in [0.05, 0.1) is 0 Å². The van der Waals surface area contributed by atoms with Crippen LogP contribution in [0.15, 0.2) is 22.7 Å². The average Bonchev–Trinajstić information content (AvgIpc) is 2.40. The zero-order valence-corrected chi connectivity index (χ0v) is 14.4. The third kappa shape index (κ3) is 4.22. The summed E-state index contributed by atoms with van der Waals surface area (Å²) in [5.41, 5.74) is 2.70. The summed E-state index contributed by atoms with van der Waals surface area (Å²) in [5.74, 6) is 0. The molecule has 1 aromatic rings. The summed E-state index contributed by atoms with van der Waals surface area (Å²) in [7, 11) is 2.21. The van der Waals surface area contributed by atoms with Crippen molar-refractivity contribution in [1.29, 1.82) is 0 Å². The molecule has 108 valence electrons. The molecule has 0 aliphatic rings. The Balaban J connectivity index is 3.12. The number of nitrogens with one attached hydrogen (secondary N) is 1. The quantitative estimate of drug-likeness (QED) is 0.778. The van der Waals surface area contributed by atoms with E-state index in [1.807, 2.05) is 0 Å². The molecule has 0 bridgehead atoms. The fraction of sp³-hybridized carbons (Fsp3) is 0.625. The summed E-state index contributed by atoms with van der Waals surface area (Å²) in [5, 5.41) is 3.51. The van der Waals surface area contributed by atoms with E-state index < -0.39 is 0 Å². The van der Waals surface area contributed by atoms with E-state index >= 15 is 0 Å². The van der Waals surface area contributed by atoms with E-state index in [4.69, 9.17) is 0 Å². The first-order valence-electron chi connectivity index (χ1n) is 7.30. The Kier molecular flexibility index (Phi) is 6.87. The standard InChI is InChI=1S/C16H27BrN2/c1-6-14(7-2)19(5)16-11-13(17)9-10-15(16)12(4)18-8-3/h9-12,14,18H,6-8H2,1-5H3. The molecule has 0 saturated heterocycles. The second-order valence-corrected chi connectivity index (χ2v) is 5.98. The van der Waals surface area contributed by atoms with Crippen molar-refractivity contribution in [3.63, 3.8) is 0 Å². The van der Waals surface area contributed by atoms with Crippen molar-refractivity contribution < 1.29 is 0 Å². The fourth-order valence-corrected chi connectivity index (χ4v) is 2.99. The smallest absolute Gasteiger partial charge is 0.0425 e. The number of nitrogens with zero attached hydrogens (tertiary/aromatic N) is 1. The van der Waals surface area contributed by atoms with Gasteiger partial charge in [-0.05, 0) is 44.0 Å². The molecule has 19 heavy (non-hydrogen) atoms. The molecule has 1 unspecified atom stereocenters. The van der Waals surface area contributed by atoms with Crippen LogP contribution in [0.1, 0.15) is 52.1 Å². The van der Waals surface area contributed by atoms with Crippen molar-refractivity contribution in [2.45, 2.75) is 52.6 Å². The number of rotatable bonds is 7. The van der Waals surface area contributed by atoms with E-state index in [-0.39, 0.29) is 0 Å². The van der Waals surface area contributed by atoms with E-state index in [1.165, 1.54) is 24.1 Å². The molecule has 1 N–H and O–H groups in total. The third-order valence-electron chi connectivity index (χ3n) is 3.84. The van der Waals surface area contributed by atoms with Crippen molar-refractivity contribution in [3.05, 3.63) is 28.2 Å². The number of anilines is 1. The molecule has 3 heteroatoms. The van der Waals surface area contributed by atoms with E-state index in [0.29, 0.717) is 12.1 Å². The highest BCUT2D eigenvalue weighted by molar-refractivity contribution is 9.10. The van der Waals surface area contributed by atoms with Gasteiger partial charge in [-0.15, -0.1) is 0 Å². The summed E-state index contributed by atoms with van der Waals surface area (Å²) in [6.07, 6.45) is 2.35. The van der Waals surface area contributed by atoms with Crippen LogP contribution in [-0.4, -0.2) is 19.6 Å². The molecule has 0 fully saturated rings. The highest BCUT2D eigenvalue weighted by Crippen LogP contribution is 2.31. The van der Waals surface area contributed by atoms with Crippen LogP contribution < -0.4 is 10.2 Å². The first-order chi connectivity index (χ1) is 9.04. The summed E-state index contributed by atoms with van der Waals surface area (Å²) < 4.78 is 1.15. The molecular weight excluding hydrogens is 300 g/mol. The van der Waals surface area contributed by atoms with E-state index in [9.17, 15) is 0 Å². The van der Waals surface area contributed by atoms with Crippen molar-refractivity contribution >= 4 is 21.6 Å². The predicted octanol–water partition coefficient (Wildman–Crippen LogP) is 4.74. The molecule has 0 aliphatic carbocycles. The summed E-state index contributed by atoms with van der Waals surface area (Å²) >= 11 is 3.60. The minimum atomic E-state index is 0.380. The lowest BCUT2D eigenvalue weighted by atomic mass is 10.0. The fourth-order valence-electron chi connectivity index (χ4n) is 2.64. The van der Waals surface area contributed by atoms with E-state index in [0.717, 1.165) is 11.0 Å². The predicted molar refractivity (Wildman–Crippen MR) is 89.0 cm³/mol. The van der Waals surface area contributed by atoms with Crippen LogP contribution in [0, 0.1) is 0 Å². The van der Waals surface area contributed by atoms with Crippen LogP contribution >= 0.6 is 15.9 Å². The normalized spacial score (nSPS) is 12.8. The molecule has 0 heterocycles. The molecule has 2 nitrogen and oxygen atoms in total. The maximum Gasteiger partial charge on any atom is 0.0425 e. The monoisotopic (exact) mass is 326 g/mol. The molecule has 0 aliphatic heterocycles. The average molecular weight is 327 g/mol. The highest BCUT2D eigenvalue weighted by Gasteiger charge is 2.17. The molecule has 0 spiro atoms. The third-order valence-corrected chi connectivity index (χ3v) is 4.33. The van der Waals surface area contributed by atoms with Crippen LogP contribution in [0.25, 0.3) is 0 Å². The minimum absolute atomic E-state index is 0.380. The Hall–Kier alpha value is -0.540. The van der Waals surface area contributed by atoms with Crippen molar-refractivity contribution in [3.8, 4) is 0 Å². The largest absolute Gasteiger partial charge is 0.371 e. The first-order valence-corrected chi connectivity index (χ1v) is 8.10. The molecule has 0 amide bonds. The van der Waals surface area contributed by atoms with Gasteiger partial charge in [0.1, 0.15) is 0 Å². The van der Waals surface area contributed by atoms with Crippen molar-refractivity contribution in [1.82, 2.24) is 5.32 Å². The van der Waals surface area contributed by atoms with Gasteiger partial charge in [0.15, 0.2) is 0 Å². The van der Waals surface area contributed by atoms with Crippen molar-refractivity contribution in [2.75, 3.05) is 18.5 Å². The Labute approximate surface area is 126 Å². The SMILES string of the molecule is CCNC(C)c1ccc(Br)cc1N(C)C(CC)CC. The zero-order valence-electron chi connectivity index (χ0n) is 12.8.